The zero-order chi connectivity index (χ0) is 19.2. The summed E-state index contributed by atoms with van der Waals surface area (Å²) in [6.45, 7) is 3.49. The second-order valence-electron chi connectivity index (χ2n) is 5.32. The predicted molar refractivity (Wildman–Crippen MR) is 97.8 cm³/mol. The van der Waals surface area contributed by atoms with Gasteiger partial charge in [0, 0.05) is 19.2 Å². The third-order valence-corrected chi connectivity index (χ3v) is 3.48. The molecule has 144 valence electrons. The Kier molecular flexibility index (Phi) is 10.8. The molecule has 0 unspecified atom stereocenters. The molecule has 1 amide bonds. The van der Waals surface area contributed by atoms with Crippen molar-refractivity contribution in [2.45, 2.75) is 13.3 Å². The van der Waals surface area contributed by atoms with Gasteiger partial charge in [-0.25, -0.2) is 0 Å². The molecule has 7 heteroatoms. The lowest BCUT2D eigenvalue weighted by Gasteiger charge is -2.20. The number of ether oxygens (including phenoxy) is 3. The lowest BCUT2D eigenvalue weighted by atomic mass is 10.2. The van der Waals surface area contributed by atoms with Crippen LogP contribution in [0, 0.1) is 0 Å². The molecule has 0 aliphatic heterocycles. The minimum atomic E-state index is -0.380. The van der Waals surface area contributed by atoms with Gasteiger partial charge in [-0.2, -0.15) is 0 Å². The summed E-state index contributed by atoms with van der Waals surface area (Å²) in [5, 5.41) is 8.73. The first-order chi connectivity index (χ1) is 12.6. The predicted octanol–water partition coefficient (Wildman–Crippen LogP) is 1.50. The van der Waals surface area contributed by atoms with E-state index in [1.54, 1.807) is 6.08 Å². The third-order valence-electron chi connectivity index (χ3n) is 3.48. The summed E-state index contributed by atoms with van der Waals surface area (Å²) in [5.74, 6) is 0.168. The van der Waals surface area contributed by atoms with Crippen LogP contribution in [0.2, 0.25) is 0 Å². The van der Waals surface area contributed by atoms with Crippen LogP contribution in [0.1, 0.15) is 18.9 Å². The highest BCUT2D eigenvalue weighted by molar-refractivity contribution is 5.92. The highest BCUT2D eigenvalue weighted by atomic mass is 16.5. The number of carbonyl (C=O) groups excluding carboxylic acids is 2. The first-order valence-electron chi connectivity index (χ1n) is 8.56. The summed E-state index contributed by atoms with van der Waals surface area (Å²) in [6, 6.07) is 7.40. The van der Waals surface area contributed by atoms with Gasteiger partial charge >= 0.3 is 5.97 Å². The van der Waals surface area contributed by atoms with Crippen molar-refractivity contribution in [3.05, 3.63) is 35.9 Å². The molecule has 0 saturated carbocycles. The normalized spacial score (nSPS) is 10.7. The van der Waals surface area contributed by atoms with E-state index in [9.17, 15) is 9.59 Å². The fourth-order valence-electron chi connectivity index (χ4n) is 2.12. The molecule has 0 saturated heterocycles. The van der Waals surface area contributed by atoms with Gasteiger partial charge in [0.2, 0.25) is 5.91 Å². The van der Waals surface area contributed by atoms with Crippen molar-refractivity contribution in [3.63, 3.8) is 0 Å². The van der Waals surface area contributed by atoms with Crippen LogP contribution in [-0.2, 0) is 19.1 Å². The summed E-state index contributed by atoms with van der Waals surface area (Å²) < 4.78 is 15.2. The zero-order valence-corrected chi connectivity index (χ0v) is 15.3. The average molecular weight is 365 g/mol. The molecule has 0 spiro atoms. The Morgan fingerprint density at radius 1 is 1.15 bits per heavy atom. The summed E-state index contributed by atoms with van der Waals surface area (Å²) in [4.78, 5) is 25.2. The van der Waals surface area contributed by atoms with Gasteiger partial charge in [0.15, 0.2) is 0 Å². The molecule has 26 heavy (non-hydrogen) atoms. The number of esters is 1. The summed E-state index contributed by atoms with van der Waals surface area (Å²) in [5.41, 5.74) is 0.867. The van der Waals surface area contributed by atoms with Crippen LogP contribution < -0.4 is 4.74 Å². The number of hydrogen-bond donors (Lipinski definition) is 1. The van der Waals surface area contributed by atoms with Gasteiger partial charge in [0.1, 0.15) is 5.75 Å². The molecular formula is C19H27NO6. The van der Waals surface area contributed by atoms with Crippen LogP contribution in [-0.4, -0.2) is 68.5 Å². The second-order valence-corrected chi connectivity index (χ2v) is 5.32. The number of aliphatic hydroxyl groups is 1. The van der Waals surface area contributed by atoms with E-state index >= 15 is 0 Å². The quantitative estimate of drug-likeness (QED) is 0.343. The Morgan fingerprint density at radius 3 is 2.50 bits per heavy atom. The summed E-state index contributed by atoms with van der Waals surface area (Å²) >= 11 is 0. The van der Waals surface area contributed by atoms with Gasteiger partial charge in [-0.05, 0) is 30.7 Å². The van der Waals surface area contributed by atoms with Gasteiger partial charge < -0.3 is 24.2 Å². The zero-order valence-electron chi connectivity index (χ0n) is 15.3. The molecule has 0 aliphatic rings. The molecule has 0 fully saturated rings. The maximum atomic E-state index is 12.4. The highest BCUT2D eigenvalue weighted by Gasteiger charge is 2.13. The van der Waals surface area contributed by atoms with Crippen LogP contribution >= 0.6 is 0 Å². The van der Waals surface area contributed by atoms with E-state index in [4.69, 9.17) is 14.6 Å². The van der Waals surface area contributed by atoms with Gasteiger partial charge in [0.25, 0.3) is 0 Å². The van der Waals surface area contributed by atoms with Crippen molar-refractivity contribution in [2.75, 3.05) is 46.6 Å². The summed E-state index contributed by atoms with van der Waals surface area (Å²) in [6.07, 6.45) is 3.27. The molecule has 0 aliphatic carbocycles. The SMILES string of the molecule is CCOc1ccc(/C=C/C(=O)N(CCOCCO)CCC(=O)OC)cc1. The van der Waals surface area contributed by atoms with Crippen molar-refractivity contribution in [3.8, 4) is 5.75 Å². The van der Waals surface area contributed by atoms with Gasteiger partial charge in [-0.1, -0.05) is 12.1 Å². The second kappa shape index (κ2) is 12.9. The first-order valence-corrected chi connectivity index (χ1v) is 8.56. The van der Waals surface area contributed by atoms with Crippen molar-refractivity contribution in [1.82, 2.24) is 4.90 Å². The van der Waals surface area contributed by atoms with Crippen molar-refractivity contribution >= 4 is 18.0 Å². The van der Waals surface area contributed by atoms with Gasteiger partial charge in [0.05, 0.1) is 40.0 Å². The average Bonchev–Trinajstić information content (AvgIpc) is 2.66. The number of aliphatic hydroxyl groups excluding tert-OH is 1. The minimum absolute atomic E-state index is 0.0756. The van der Waals surface area contributed by atoms with Crippen LogP contribution in [0.3, 0.4) is 0 Å². The molecule has 1 aromatic carbocycles. The number of nitrogens with zero attached hydrogens (tertiary/aromatic N) is 1. The van der Waals surface area contributed by atoms with E-state index in [-0.39, 0.29) is 44.7 Å². The molecule has 7 nitrogen and oxygen atoms in total. The smallest absolute Gasteiger partial charge is 0.307 e. The number of hydrogen-bond acceptors (Lipinski definition) is 6. The fraction of sp³-hybridized carbons (Fsp3) is 0.474. The minimum Gasteiger partial charge on any atom is -0.494 e. The largest absolute Gasteiger partial charge is 0.494 e. The Bertz CT molecular complexity index is 570. The molecule has 1 aromatic rings. The number of rotatable bonds is 12. The first kappa shape index (κ1) is 21.7. The molecule has 1 N–H and O–H groups in total. The van der Waals surface area contributed by atoms with Crippen LogP contribution in [0.4, 0.5) is 0 Å². The maximum Gasteiger partial charge on any atom is 0.307 e. The topological polar surface area (TPSA) is 85.3 Å². The van der Waals surface area contributed by atoms with E-state index in [0.29, 0.717) is 13.2 Å². The Morgan fingerprint density at radius 2 is 1.88 bits per heavy atom. The Labute approximate surface area is 154 Å². The Balaban J connectivity index is 2.64. The monoisotopic (exact) mass is 365 g/mol. The maximum absolute atomic E-state index is 12.4. The van der Waals surface area contributed by atoms with E-state index in [2.05, 4.69) is 4.74 Å². The molecule has 0 heterocycles. The standard InChI is InChI=1S/C19H27NO6/c1-3-26-17-7-4-16(5-8-17)6-9-18(22)20(11-10-19(23)24-2)12-14-25-15-13-21/h4-9,21H,3,10-15H2,1-2H3/b9-6+. The fourth-order valence-corrected chi connectivity index (χ4v) is 2.12. The van der Waals surface area contributed by atoms with Gasteiger partial charge in [-0.15, -0.1) is 0 Å². The van der Waals surface area contributed by atoms with Crippen molar-refractivity contribution < 1.29 is 28.9 Å². The molecule has 1 rings (SSSR count). The molecule has 0 bridgehead atoms. The Hall–Kier alpha value is -2.38. The molecular weight excluding hydrogens is 338 g/mol. The number of methoxy groups -OCH3 is 1. The van der Waals surface area contributed by atoms with E-state index in [0.717, 1.165) is 11.3 Å². The number of amides is 1. The molecule has 0 aromatic heterocycles. The van der Waals surface area contributed by atoms with Crippen molar-refractivity contribution in [1.29, 1.82) is 0 Å². The number of benzene rings is 1. The number of carbonyl (C=O) groups is 2. The highest BCUT2D eigenvalue weighted by Crippen LogP contribution is 2.13. The van der Waals surface area contributed by atoms with Crippen LogP contribution in [0.5, 0.6) is 5.75 Å². The van der Waals surface area contributed by atoms with Crippen molar-refractivity contribution in [2.24, 2.45) is 0 Å². The third kappa shape index (κ3) is 8.64. The van der Waals surface area contributed by atoms with E-state index < -0.39 is 0 Å². The molecule has 0 atom stereocenters. The summed E-state index contributed by atoms with van der Waals surface area (Å²) in [7, 11) is 1.31. The van der Waals surface area contributed by atoms with E-state index in [1.165, 1.54) is 18.1 Å². The molecule has 0 radical (unpaired) electrons. The lowest BCUT2D eigenvalue weighted by Crippen LogP contribution is -2.35. The van der Waals surface area contributed by atoms with Crippen LogP contribution in [0.25, 0.3) is 6.08 Å². The van der Waals surface area contributed by atoms with Gasteiger partial charge in [-0.3, -0.25) is 9.59 Å². The lowest BCUT2D eigenvalue weighted by molar-refractivity contribution is -0.141. The van der Waals surface area contributed by atoms with Crippen LogP contribution in [0.15, 0.2) is 30.3 Å². The van der Waals surface area contributed by atoms with E-state index in [1.807, 2.05) is 31.2 Å².